The van der Waals surface area contributed by atoms with Gasteiger partial charge in [-0.3, -0.25) is 4.90 Å². The van der Waals surface area contributed by atoms with Gasteiger partial charge in [0.25, 0.3) is 0 Å². The zero-order valence-electron chi connectivity index (χ0n) is 6.84. The van der Waals surface area contributed by atoms with Crippen LogP contribution >= 0.6 is 0 Å². The van der Waals surface area contributed by atoms with E-state index in [1.54, 1.807) is 18.5 Å². The summed E-state index contributed by atoms with van der Waals surface area (Å²) in [5, 5.41) is 0. The molecule has 2 rings (SSSR count). The van der Waals surface area contributed by atoms with E-state index in [0.29, 0.717) is 6.54 Å². The molecule has 5 heteroatoms. The minimum atomic E-state index is -0.467. The average Bonchev–Trinajstić information content (AvgIpc) is 2.17. The molecular formula is C8H8N4O. The van der Waals surface area contributed by atoms with E-state index in [1.807, 2.05) is 0 Å². The summed E-state index contributed by atoms with van der Waals surface area (Å²) in [5.41, 5.74) is 6.87. The molecule has 2 amide bonds. The summed E-state index contributed by atoms with van der Waals surface area (Å²) < 4.78 is 0. The molecule has 2 N–H and O–H groups in total. The van der Waals surface area contributed by atoms with Crippen molar-refractivity contribution in [3.8, 4) is 0 Å². The predicted molar refractivity (Wildman–Crippen MR) is 46.2 cm³/mol. The van der Waals surface area contributed by atoms with Crippen LogP contribution in [0.4, 0.5) is 4.79 Å². The Balaban J connectivity index is 2.34. The monoisotopic (exact) mass is 176 g/mol. The third kappa shape index (κ3) is 1.35. The van der Waals surface area contributed by atoms with Gasteiger partial charge in [-0.1, -0.05) is 0 Å². The van der Waals surface area contributed by atoms with Gasteiger partial charge in [-0.15, -0.1) is 0 Å². The van der Waals surface area contributed by atoms with E-state index in [9.17, 15) is 4.79 Å². The van der Waals surface area contributed by atoms with Crippen molar-refractivity contribution in [1.82, 2.24) is 14.9 Å². The number of carbonyl (C=O) groups is 1. The topological polar surface area (TPSA) is 72.1 Å². The Morgan fingerprint density at radius 2 is 2.46 bits per heavy atom. The zero-order chi connectivity index (χ0) is 9.26. The molecule has 1 aliphatic rings. The normalized spacial score (nSPS) is 14.0. The van der Waals surface area contributed by atoms with Crippen LogP contribution in [0.2, 0.25) is 0 Å². The molecule has 0 atom stereocenters. The van der Waals surface area contributed by atoms with Crippen molar-refractivity contribution >= 4 is 12.1 Å². The molecule has 0 spiro atoms. The minimum absolute atomic E-state index is 0.446. The average molecular weight is 176 g/mol. The lowest BCUT2D eigenvalue weighted by atomic mass is 10.2. The van der Waals surface area contributed by atoms with Crippen LogP contribution in [-0.4, -0.2) is 20.9 Å². The molecule has 13 heavy (non-hydrogen) atoms. The zero-order valence-corrected chi connectivity index (χ0v) is 6.84. The smallest absolute Gasteiger partial charge is 0.319 e. The lowest BCUT2D eigenvalue weighted by Gasteiger charge is -2.19. The number of hydrogen-bond donors (Lipinski definition) is 1. The summed E-state index contributed by atoms with van der Waals surface area (Å²) in [6, 6.07) is -0.467. The number of rotatable bonds is 0. The van der Waals surface area contributed by atoms with Crippen LogP contribution in [0.1, 0.15) is 11.3 Å². The molecule has 0 aliphatic carbocycles. The Morgan fingerprint density at radius 1 is 1.62 bits per heavy atom. The maximum atomic E-state index is 10.8. The lowest BCUT2D eigenvalue weighted by molar-refractivity contribution is 0.223. The first-order valence-electron chi connectivity index (χ1n) is 3.80. The van der Waals surface area contributed by atoms with Crippen LogP contribution in [0.3, 0.4) is 0 Å². The van der Waals surface area contributed by atoms with Crippen molar-refractivity contribution in [2.75, 3.05) is 0 Å². The van der Waals surface area contributed by atoms with Crippen molar-refractivity contribution in [1.29, 1.82) is 0 Å². The summed E-state index contributed by atoms with van der Waals surface area (Å²) in [5.74, 6) is 0. The first-order valence-corrected chi connectivity index (χ1v) is 3.80. The van der Waals surface area contributed by atoms with Crippen molar-refractivity contribution in [3.63, 3.8) is 0 Å². The van der Waals surface area contributed by atoms with Gasteiger partial charge in [0.2, 0.25) is 0 Å². The first-order chi connectivity index (χ1) is 6.27. The molecule has 5 nitrogen and oxygen atoms in total. The fraction of sp³-hybridized carbons (Fsp3) is 0.125. The maximum absolute atomic E-state index is 10.8. The molecule has 0 aromatic carbocycles. The van der Waals surface area contributed by atoms with Crippen LogP contribution in [0.5, 0.6) is 0 Å². The summed E-state index contributed by atoms with van der Waals surface area (Å²) >= 11 is 0. The number of hydrogen-bond acceptors (Lipinski definition) is 3. The third-order valence-electron chi connectivity index (χ3n) is 1.86. The fourth-order valence-corrected chi connectivity index (χ4v) is 1.19. The summed E-state index contributed by atoms with van der Waals surface area (Å²) in [6.07, 6.45) is 6.52. The molecule has 0 unspecified atom stereocenters. The third-order valence-corrected chi connectivity index (χ3v) is 1.86. The maximum Gasteiger partial charge on any atom is 0.319 e. The molecule has 2 heterocycles. The molecule has 0 fully saturated rings. The van der Waals surface area contributed by atoms with Crippen LogP contribution in [0, 0.1) is 0 Å². The highest BCUT2D eigenvalue weighted by molar-refractivity contribution is 5.75. The van der Waals surface area contributed by atoms with Gasteiger partial charge >= 0.3 is 6.03 Å². The number of primary amides is 1. The highest BCUT2D eigenvalue weighted by Crippen LogP contribution is 2.15. The molecule has 0 saturated carbocycles. The van der Waals surface area contributed by atoms with Gasteiger partial charge in [-0.25, -0.2) is 14.8 Å². The molecule has 1 aliphatic heterocycles. The van der Waals surface area contributed by atoms with Crippen LogP contribution in [0.15, 0.2) is 18.7 Å². The van der Waals surface area contributed by atoms with Crippen molar-refractivity contribution in [3.05, 3.63) is 30.0 Å². The molecular weight excluding hydrogens is 168 g/mol. The van der Waals surface area contributed by atoms with Crippen LogP contribution in [0.25, 0.3) is 6.08 Å². The van der Waals surface area contributed by atoms with Gasteiger partial charge in [0.05, 0.1) is 12.2 Å². The second-order valence-corrected chi connectivity index (χ2v) is 2.72. The Morgan fingerprint density at radius 3 is 3.23 bits per heavy atom. The fourth-order valence-electron chi connectivity index (χ4n) is 1.19. The van der Waals surface area contributed by atoms with Crippen molar-refractivity contribution in [2.45, 2.75) is 6.54 Å². The number of aromatic nitrogens is 2. The van der Waals surface area contributed by atoms with Crippen molar-refractivity contribution < 1.29 is 4.79 Å². The molecule has 1 aromatic heterocycles. The van der Waals surface area contributed by atoms with Gasteiger partial charge in [0.1, 0.15) is 6.33 Å². The van der Waals surface area contributed by atoms with E-state index >= 15 is 0 Å². The van der Waals surface area contributed by atoms with Crippen LogP contribution in [-0.2, 0) is 6.54 Å². The highest BCUT2D eigenvalue weighted by atomic mass is 16.2. The SMILES string of the molecule is NC(=O)N1C=Cc2ncncc2C1. The number of urea groups is 1. The molecule has 1 aromatic rings. The van der Waals surface area contributed by atoms with Gasteiger partial charge in [-0.05, 0) is 6.08 Å². The Kier molecular flexibility index (Phi) is 1.70. The quantitative estimate of drug-likeness (QED) is 0.619. The number of fused-ring (bicyclic) bond motifs is 1. The number of carbonyl (C=O) groups excluding carboxylic acids is 1. The Labute approximate surface area is 74.9 Å². The number of nitrogens with zero attached hydrogens (tertiary/aromatic N) is 3. The second-order valence-electron chi connectivity index (χ2n) is 2.72. The largest absolute Gasteiger partial charge is 0.351 e. The lowest BCUT2D eigenvalue weighted by Crippen LogP contribution is -2.32. The Hall–Kier alpha value is -1.91. The highest BCUT2D eigenvalue weighted by Gasteiger charge is 2.14. The van der Waals surface area contributed by atoms with Gasteiger partial charge in [0, 0.05) is 18.0 Å². The van der Waals surface area contributed by atoms with E-state index in [-0.39, 0.29) is 0 Å². The summed E-state index contributed by atoms with van der Waals surface area (Å²) in [7, 11) is 0. The Bertz CT molecular complexity index is 374. The van der Waals surface area contributed by atoms with E-state index < -0.39 is 6.03 Å². The summed E-state index contributed by atoms with van der Waals surface area (Å²) in [4.78, 5) is 20.1. The van der Waals surface area contributed by atoms with E-state index in [4.69, 9.17) is 5.73 Å². The molecule has 0 bridgehead atoms. The standard InChI is InChI=1S/C8H8N4O/c9-8(13)12-2-1-7-6(4-12)3-10-5-11-7/h1-3,5H,4H2,(H2,9,13). The predicted octanol–water partition coefficient (Wildman–Crippen LogP) is 0.342. The van der Waals surface area contributed by atoms with E-state index in [0.717, 1.165) is 11.3 Å². The summed E-state index contributed by atoms with van der Waals surface area (Å²) in [6.45, 7) is 0.446. The minimum Gasteiger partial charge on any atom is -0.351 e. The number of nitrogens with two attached hydrogens (primary N) is 1. The molecule has 0 saturated heterocycles. The van der Waals surface area contributed by atoms with Gasteiger partial charge in [0.15, 0.2) is 0 Å². The second kappa shape index (κ2) is 2.85. The molecule has 0 radical (unpaired) electrons. The van der Waals surface area contributed by atoms with Crippen molar-refractivity contribution in [2.24, 2.45) is 5.73 Å². The van der Waals surface area contributed by atoms with Gasteiger partial charge < -0.3 is 5.73 Å². The molecule has 66 valence electrons. The van der Waals surface area contributed by atoms with E-state index in [2.05, 4.69) is 9.97 Å². The van der Waals surface area contributed by atoms with E-state index in [1.165, 1.54) is 11.2 Å². The first kappa shape index (κ1) is 7.72. The van der Waals surface area contributed by atoms with Gasteiger partial charge in [-0.2, -0.15) is 0 Å². The number of amides is 2. The van der Waals surface area contributed by atoms with Crippen LogP contribution < -0.4 is 5.73 Å².